The van der Waals surface area contributed by atoms with Crippen LogP contribution in [0.1, 0.15) is 55.8 Å². The molecule has 0 spiro atoms. The zero-order valence-corrected chi connectivity index (χ0v) is 10.1. The van der Waals surface area contributed by atoms with E-state index in [1.165, 1.54) is 32.1 Å². The van der Waals surface area contributed by atoms with Crippen LogP contribution in [0.25, 0.3) is 0 Å². The molecule has 1 aliphatic heterocycles. The highest BCUT2D eigenvalue weighted by Crippen LogP contribution is 2.39. The van der Waals surface area contributed by atoms with Gasteiger partial charge in [0, 0.05) is 12.5 Å². The number of likely N-dealkylation sites (tertiary alicyclic amines) is 1. The molecule has 1 saturated heterocycles. The highest BCUT2D eigenvalue weighted by molar-refractivity contribution is 5.03. The first-order valence-corrected chi connectivity index (χ1v) is 6.64. The average Bonchev–Trinajstić information content (AvgIpc) is 3.08. The zero-order chi connectivity index (χ0) is 11.7. The van der Waals surface area contributed by atoms with Gasteiger partial charge in [-0.3, -0.25) is 0 Å². The van der Waals surface area contributed by atoms with Crippen molar-refractivity contribution in [1.29, 1.82) is 0 Å². The molecule has 0 radical (unpaired) electrons. The van der Waals surface area contributed by atoms with Crippen LogP contribution in [0, 0.1) is 0 Å². The summed E-state index contributed by atoms with van der Waals surface area (Å²) in [6, 6.07) is -0.107. The van der Waals surface area contributed by atoms with Crippen LogP contribution in [0.5, 0.6) is 0 Å². The lowest BCUT2D eigenvalue weighted by molar-refractivity contribution is 0.213. The van der Waals surface area contributed by atoms with Crippen molar-refractivity contribution in [2.24, 2.45) is 5.73 Å². The molecule has 0 amide bonds. The van der Waals surface area contributed by atoms with Gasteiger partial charge in [-0.15, -0.1) is 0 Å². The van der Waals surface area contributed by atoms with E-state index in [4.69, 9.17) is 10.3 Å². The molecule has 0 bridgehead atoms. The molecule has 0 aromatic carbocycles. The van der Waals surface area contributed by atoms with Crippen LogP contribution in [0.3, 0.4) is 0 Å². The number of hydrogen-bond acceptors (Lipinski definition) is 5. The fourth-order valence-corrected chi connectivity index (χ4v) is 2.40. The van der Waals surface area contributed by atoms with Crippen molar-refractivity contribution in [2.75, 3.05) is 19.6 Å². The zero-order valence-electron chi connectivity index (χ0n) is 10.1. The van der Waals surface area contributed by atoms with Gasteiger partial charge in [0.15, 0.2) is 5.82 Å². The SMILES string of the molecule is NC(CN1CCCCC1)c1noc(C2CC2)n1. The Morgan fingerprint density at radius 1 is 1.29 bits per heavy atom. The molecular weight excluding hydrogens is 216 g/mol. The maximum absolute atomic E-state index is 6.13. The summed E-state index contributed by atoms with van der Waals surface area (Å²) >= 11 is 0. The Kier molecular flexibility index (Phi) is 3.11. The minimum Gasteiger partial charge on any atom is -0.339 e. The van der Waals surface area contributed by atoms with E-state index in [0.29, 0.717) is 11.7 Å². The fourth-order valence-electron chi connectivity index (χ4n) is 2.40. The number of aromatic nitrogens is 2. The monoisotopic (exact) mass is 236 g/mol. The first-order chi connectivity index (χ1) is 8.33. The highest BCUT2D eigenvalue weighted by Gasteiger charge is 2.30. The molecule has 1 unspecified atom stereocenters. The summed E-state index contributed by atoms with van der Waals surface area (Å²) < 4.78 is 5.24. The Morgan fingerprint density at radius 3 is 2.76 bits per heavy atom. The Morgan fingerprint density at radius 2 is 2.06 bits per heavy atom. The van der Waals surface area contributed by atoms with Crippen LogP contribution >= 0.6 is 0 Å². The summed E-state index contributed by atoms with van der Waals surface area (Å²) in [6.45, 7) is 3.16. The molecular formula is C12H20N4O. The van der Waals surface area contributed by atoms with E-state index in [2.05, 4.69) is 15.0 Å². The number of piperidine rings is 1. The Labute approximate surface area is 101 Å². The van der Waals surface area contributed by atoms with Crippen molar-refractivity contribution >= 4 is 0 Å². The fraction of sp³-hybridized carbons (Fsp3) is 0.833. The third kappa shape index (κ3) is 2.66. The molecule has 1 aromatic heterocycles. The molecule has 1 aliphatic carbocycles. The van der Waals surface area contributed by atoms with Crippen LogP contribution in [0.2, 0.25) is 0 Å². The number of rotatable bonds is 4. The second kappa shape index (κ2) is 4.74. The van der Waals surface area contributed by atoms with Gasteiger partial charge in [0.2, 0.25) is 5.89 Å². The summed E-state index contributed by atoms with van der Waals surface area (Å²) in [6.07, 6.45) is 6.28. The minimum atomic E-state index is -0.107. The predicted octanol–water partition coefficient (Wildman–Crippen LogP) is 1.43. The van der Waals surface area contributed by atoms with Crippen molar-refractivity contribution < 1.29 is 4.52 Å². The van der Waals surface area contributed by atoms with Gasteiger partial charge in [0.05, 0.1) is 6.04 Å². The standard InChI is InChI=1S/C12H20N4O/c13-10(8-16-6-2-1-3-7-16)11-14-12(17-15-11)9-4-5-9/h9-10H,1-8,13H2. The molecule has 2 N–H and O–H groups in total. The van der Waals surface area contributed by atoms with Gasteiger partial charge in [-0.25, -0.2) is 0 Å². The number of hydrogen-bond donors (Lipinski definition) is 1. The summed E-state index contributed by atoms with van der Waals surface area (Å²) in [5, 5.41) is 4.01. The topological polar surface area (TPSA) is 68.2 Å². The molecule has 1 atom stereocenters. The van der Waals surface area contributed by atoms with Crippen molar-refractivity contribution in [1.82, 2.24) is 15.0 Å². The lowest BCUT2D eigenvalue weighted by Gasteiger charge is -2.27. The second-order valence-electron chi connectivity index (χ2n) is 5.23. The molecule has 1 aromatic rings. The lowest BCUT2D eigenvalue weighted by Crippen LogP contribution is -2.36. The number of nitrogens with two attached hydrogens (primary N) is 1. The summed E-state index contributed by atoms with van der Waals surface area (Å²) in [5.41, 5.74) is 6.13. The van der Waals surface area contributed by atoms with Crippen LogP contribution < -0.4 is 5.73 Å². The summed E-state index contributed by atoms with van der Waals surface area (Å²) in [5.74, 6) is 1.98. The third-order valence-electron chi connectivity index (χ3n) is 3.62. The van der Waals surface area contributed by atoms with E-state index < -0.39 is 0 Å². The first kappa shape index (κ1) is 11.2. The van der Waals surface area contributed by atoms with E-state index in [0.717, 1.165) is 25.5 Å². The first-order valence-electron chi connectivity index (χ1n) is 6.64. The molecule has 94 valence electrons. The van der Waals surface area contributed by atoms with Crippen LogP contribution in [-0.2, 0) is 0 Å². The largest absolute Gasteiger partial charge is 0.339 e. The Hall–Kier alpha value is -0.940. The van der Waals surface area contributed by atoms with Gasteiger partial charge in [-0.1, -0.05) is 11.6 Å². The van der Waals surface area contributed by atoms with Gasteiger partial charge >= 0.3 is 0 Å². The lowest BCUT2D eigenvalue weighted by atomic mass is 10.1. The van der Waals surface area contributed by atoms with Gasteiger partial charge in [-0.05, 0) is 38.8 Å². The average molecular weight is 236 g/mol. The van der Waals surface area contributed by atoms with E-state index in [1.54, 1.807) is 0 Å². The summed E-state index contributed by atoms with van der Waals surface area (Å²) in [4.78, 5) is 6.81. The smallest absolute Gasteiger partial charge is 0.229 e. The normalized spacial score (nSPS) is 23.8. The molecule has 5 nitrogen and oxygen atoms in total. The quantitative estimate of drug-likeness (QED) is 0.856. The van der Waals surface area contributed by atoms with E-state index in [-0.39, 0.29) is 6.04 Å². The minimum absolute atomic E-state index is 0.107. The molecule has 2 heterocycles. The van der Waals surface area contributed by atoms with Crippen molar-refractivity contribution in [3.63, 3.8) is 0 Å². The van der Waals surface area contributed by atoms with Crippen molar-refractivity contribution in [3.8, 4) is 0 Å². The second-order valence-corrected chi connectivity index (χ2v) is 5.23. The molecule has 5 heteroatoms. The Balaban J connectivity index is 1.57. The highest BCUT2D eigenvalue weighted by atomic mass is 16.5. The van der Waals surface area contributed by atoms with E-state index in [9.17, 15) is 0 Å². The van der Waals surface area contributed by atoms with Crippen molar-refractivity contribution in [3.05, 3.63) is 11.7 Å². The summed E-state index contributed by atoms with van der Waals surface area (Å²) in [7, 11) is 0. The Bertz CT molecular complexity index is 368. The van der Waals surface area contributed by atoms with Gasteiger partial charge in [0.25, 0.3) is 0 Å². The van der Waals surface area contributed by atoms with Crippen LogP contribution in [0.4, 0.5) is 0 Å². The number of nitrogens with zero attached hydrogens (tertiary/aromatic N) is 3. The van der Waals surface area contributed by atoms with Gasteiger partial charge in [0.1, 0.15) is 0 Å². The van der Waals surface area contributed by atoms with Gasteiger partial charge < -0.3 is 15.2 Å². The van der Waals surface area contributed by atoms with E-state index >= 15 is 0 Å². The molecule has 1 saturated carbocycles. The molecule has 17 heavy (non-hydrogen) atoms. The molecule has 2 aliphatic rings. The molecule has 2 fully saturated rings. The molecule has 3 rings (SSSR count). The maximum atomic E-state index is 6.13. The maximum Gasteiger partial charge on any atom is 0.229 e. The predicted molar refractivity (Wildman–Crippen MR) is 63.5 cm³/mol. The van der Waals surface area contributed by atoms with Crippen LogP contribution in [-0.4, -0.2) is 34.7 Å². The van der Waals surface area contributed by atoms with Crippen molar-refractivity contribution in [2.45, 2.75) is 44.1 Å². The van der Waals surface area contributed by atoms with Gasteiger partial charge in [-0.2, -0.15) is 4.98 Å². The third-order valence-corrected chi connectivity index (χ3v) is 3.62. The van der Waals surface area contributed by atoms with Crippen LogP contribution in [0.15, 0.2) is 4.52 Å². The van der Waals surface area contributed by atoms with E-state index in [1.807, 2.05) is 0 Å².